The summed E-state index contributed by atoms with van der Waals surface area (Å²) in [6.45, 7) is 2.09. The summed E-state index contributed by atoms with van der Waals surface area (Å²) in [5.41, 5.74) is 5.87. The summed E-state index contributed by atoms with van der Waals surface area (Å²) in [6.07, 6.45) is 2.00. The summed E-state index contributed by atoms with van der Waals surface area (Å²) >= 11 is 0. The van der Waals surface area contributed by atoms with Gasteiger partial charge in [0.05, 0.1) is 22.8 Å². The van der Waals surface area contributed by atoms with Crippen LogP contribution in [-0.2, 0) is 0 Å². The van der Waals surface area contributed by atoms with Gasteiger partial charge in [-0.3, -0.25) is 0 Å². The number of aryl methyl sites for hydroxylation is 1. The number of nitrogens with one attached hydrogen (secondary N) is 1. The highest BCUT2D eigenvalue weighted by atomic mass is 14.7. The van der Waals surface area contributed by atoms with Crippen molar-refractivity contribution in [2.75, 3.05) is 0 Å². The van der Waals surface area contributed by atoms with Gasteiger partial charge in [0.15, 0.2) is 0 Å². The van der Waals surface area contributed by atoms with Crippen LogP contribution in [0.25, 0.3) is 33.1 Å². The maximum Gasteiger partial charge on any atom is 0.0998 e. The molecule has 2 aromatic heterocycles. The quantitative estimate of drug-likeness (QED) is 0.556. The van der Waals surface area contributed by atoms with Gasteiger partial charge in [-0.15, -0.1) is 0 Å². The van der Waals surface area contributed by atoms with Crippen molar-refractivity contribution in [1.82, 2.24) is 9.97 Å². The van der Waals surface area contributed by atoms with Crippen molar-refractivity contribution in [2.45, 2.75) is 6.92 Å². The van der Waals surface area contributed by atoms with Crippen LogP contribution in [0.3, 0.4) is 0 Å². The summed E-state index contributed by atoms with van der Waals surface area (Å²) in [4.78, 5) is 8.07. The van der Waals surface area contributed by atoms with Crippen molar-refractivity contribution in [2.24, 2.45) is 0 Å². The lowest BCUT2D eigenvalue weighted by Crippen LogP contribution is -1.87. The van der Waals surface area contributed by atoms with E-state index >= 15 is 0 Å². The van der Waals surface area contributed by atoms with Gasteiger partial charge in [0.1, 0.15) is 0 Å². The summed E-state index contributed by atoms with van der Waals surface area (Å²) in [6, 6.07) is 18.1. The number of para-hydroxylation sites is 1. The van der Waals surface area contributed by atoms with E-state index in [9.17, 15) is 5.26 Å². The predicted octanol–water partition coefficient (Wildman–Crippen LogP) is 4.56. The molecule has 2 heterocycles. The van der Waals surface area contributed by atoms with Crippen molar-refractivity contribution in [3.8, 4) is 17.3 Å². The van der Waals surface area contributed by atoms with Gasteiger partial charge in [-0.2, -0.15) is 5.26 Å². The largest absolute Gasteiger partial charge is 0.360 e. The van der Waals surface area contributed by atoms with E-state index in [-0.39, 0.29) is 0 Å². The second-order valence-corrected chi connectivity index (χ2v) is 5.38. The fourth-order valence-corrected chi connectivity index (χ4v) is 2.92. The molecule has 0 amide bonds. The van der Waals surface area contributed by atoms with Crippen LogP contribution in [0.5, 0.6) is 0 Å². The lowest BCUT2D eigenvalue weighted by Gasteiger charge is -2.04. The van der Waals surface area contributed by atoms with Crippen LogP contribution >= 0.6 is 0 Å². The number of hydrogen-bond donors (Lipinski definition) is 1. The van der Waals surface area contributed by atoms with Crippen LogP contribution in [0.4, 0.5) is 0 Å². The molecule has 3 heteroatoms. The van der Waals surface area contributed by atoms with Crippen LogP contribution < -0.4 is 0 Å². The molecule has 0 spiro atoms. The van der Waals surface area contributed by atoms with Crippen molar-refractivity contribution in [3.05, 3.63) is 65.9 Å². The van der Waals surface area contributed by atoms with Gasteiger partial charge in [0.25, 0.3) is 0 Å². The molecule has 4 rings (SSSR count). The summed E-state index contributed by atoms with van der Waals surface area (Å²) in [7, 11) is 0. The molecule has 0 fully saturated rings. The minimum Gasteiger partial charge on any atom is -0.360 e. The molecular weight excluding hydrogens is 270 g/mol. The Balaban J connectivity index is 1.98. The van der Waals surface area contributed by atoms with Crippen LogP contribution in [0.15, 0.2) is 54.7 Å². The minimum absolute atomic E-state index is 0.659. The zero-order valence-electron chi connectivity index (χ0n) is 12.1. The Morgan fingerprint density at radius 3 is 2.73 bits per heavy atom. The minimum atomic E-state index is 0.659. The first-order chi connectivity index (χ1) is 10.8. The standard InChI is InChI=1S/C19H13N3/c1-12-4-2-6-15-16(11-21-19(12)15)18-9-8-14-13(10-20)5-3-7-17(14)22-18/h2-9,11,21H,1H3. The van der Waals surface area contributed by atoms with Crippen molar-refractivity contribution in [3.63, 3.8) is 0 Å². The number of hydrogen-bond acceptors (Lipinski definition) is 2. The van der Waals surface area contributed by atoms with E-state index < -0.39 is 0 Å². The average molecular weight is 283 g/mol. The smallest absolute Gasteiger partial charge is 0.0998 e. The highest BCUT2D eigenvalue weighted by molar-refractivity contribution is 5.97. The van der Waals surface area contributed by atoms with Gasteiger partial charge in [0.2, 0.25) is 0 Å². The molecule has 2 aromatic carbocycles. The van der Waals surface area contributed by atoms with E-state index in [2.05, 4.69) is 36.2 Å². The zero-order chi connectivity index (χ0) is 15.1. The van der Waals surface area contributed by atoms with Crippen LogP contribution in [0, 0.1) is 18.3 Å². The van der Waals surface area contributed by atoms with Crippen LogP contribution in [-0.4, -0.2) is 9.97 Å². The topological polar surface area (TPSA) is 52.5 Å². The fourth-order valence-electron chi connectivity index (χ4n) is 2.92. The van der Waals surface area contributed by atoms with Crippen LogP contribution in [0.1, 0.15) is 11.1 Å². The number of nitrogens with zero attached hydrogens (tertiary/aromatic N) is 2. The molecule has 0 radical (unpaired) electrons. The summed E-state index contributed by atoms with van der Waals surface area (Å²) in [5.74, 6) is 0. The molecule has 0 unspecified atom stereocenters. The highest BCUT2D eigenvalue weighted by Gasteiger charge is 2.10. The van der Waals surface area contributed by atoms with Crippen molar-refractivity contribution >= 4 is 21.8 Å². The number of nitriles is 1. The summed E-state index contributed by atoms with van der Waals surface area (Å²) < 4.78 is 0. The predicted molar refractivity (Wildman–Crippen MR) is 88.5 cm³/mol. The molecule has 1 N–H and O–H groups in total. The molecule has 0 aliphatic rings. The Morgan fingerprint density at radius 2 is 1.86 bits per heavy atom. The molecule has 22 heavy (non-hydrogen) atoms. The van der Waals surface area contributed by atoms with Gasteiger partial charge in [0, 0.05) is 28.0 Å². The molecule has 0 saturated heterocycles. The normalized spacial score (nSPS) is 10.9. The molecule has 0 bridgehead atoms. The van der Waals surface area contributed by atoms with Crippen molar-refractivity contribution in [1.29, 1.82) is 5.26 Å². The first-order valence-corrected chi connectivity index (χ1v) is 7.15. The van der Waals surface area contributed by atoms with Gasteiger partial charge in [-0.25, -0.2) is 4.98 Å². The Bertz CT molecular complexity index is 1050. The Kier molecular flexibility index (Phi) is 2.70. The van der Waals surface area contributed by atoms with E-state index in [1.165, 1.54) is 10.9 Å². The Hall–Kier alpha value is -3.12. The Morgan fingerprint density at radius 1 is 1.00 bits per heavy atom. The molecule has 0 atom stereocenters. The number of benzene rings is 2. The zero-order valence-corrected chi connectivity index (χ0v) is 12.1. The number of fused-ring (bicyclic) bond motifs is 2. The number of H-pyrrole nitrogens is 1. The Labute approximate surface area is 127 Å². The maximum atomic E-state index is 9.18. The number of pyridine rings is 1. The molecule has 0 saturated carbocycles. The SMILES string of the molecule is Cc1cccc2c(-c3ccc4c(C#N)cccc4n3)c[nH]c12. The maximum absolute atomic E-state index is 9.18. The van der Waals surface area contributed by atoms with Crippen LogP contribution in [0.2, 0.25) is 0 Å². The highest BCUT2D eigenvalue weighted by Crippen LogP contribution is 2.30. The average Bonchev–Trinajstić information content (AvgIpc) is 2.99. The van der Waals surface area contributed by atoms with Gasteiger partial charge >= 0.3 is 0 Å². The molecule has 0 aliphatic heterocycles. The monoisotopic (exact) mass is 283 g/mol. The third-order valence-electron chi connectivity index (χ3n) is 4.05. The number of aromatic amines is 1. The molecule has 104 valence electrons. The molecule has 0 aliphatic carbocycles. The van der Waals surface area contributed by atoms with Gasteiger partial charge in [-0.05, 0) is 36.8 Å². The van der Waals surface area contributed by atoms with E-state index in [1.807, 2.05) is 36.5 Å². The second-order valence-electron chi connectivity index (χ2n) is 5.38. The molecular formula is C19H13N3. The van der Waals surface area contributed by atoms with Gasteiger partial charge < -0.3 is 4.98 Å². The van der Waals surface area contributed by atoms with E-state index in [1.54, 1.807) is 0 Å². The third-order valence-corrected chi connectivity index (χ3v) is 4.05. The van der Waals surface area contributed by atoms with E-state index in [0.717, 1.165) is 27.7 Å². The number of rotatable bonds is 1. The third kappa shape index (κ3) is 1.78. The van der Waals surface area contributed by atoms with E-state index in [4.69, 9.17) is 4.98 Å². The lowest BCUT2D eigenvalue weighted by molar-refractivity contribution is 1.38. The first-order valence-electron chi connectivity index (χ1n) is 7.15. The number of aromatic nitrogens is 2. The van der Waals surface area contributed by atoms with Crippen molar-refractivity contribution < 1.29 is 0 Å². The summed E-state index contributed by atoms with van der Waals surface area (Å²) in [5, 5.41) is 11.2. The molecule has 3 nitrogen and oxygen atoms in total. The first kappa shape index (κ1) is 12.6. The van der Waals surface area contributed by atoms with E-state index in [0.29, 0.717) is 5.56 Å². The van der Waals surface area contributed by atoms with Gasteiger partial charge in [-0.1, -0.05) is 24.3 Å². The fraction of sp³-hybridized carbons (Fsp3) is 0.0526. The molecule has 4 aromatic rings. The second kappa shape index (κ2) is 4.71. The lowest BCUT2D eigenvalue weighted by atomic mass is 10.0.